The second-order valence-corrected chi connectivity index (χ2v) is 3.35. The number of hydrogen-bond acceptors (Lipinski definition) is 3. The normalized spacial score (nSPS) is 15.7. The summed E-state index contributed by atoms with van der Waals surface area (Å²) in [6, 6.07) is 0. The zero-order chi connectivity index (χ0) is 11.1. The molecule has 0 bridgehead atoms. The van der Waals surface area contributed by atoms with Gasteiger partial charge in [0.2, 0.25) is 5.88 Å². The summed E-state index contributed by atoms with van der Waals surface area (Å²) in [5.41, 5.74) is -0.774. The van der Waals surface area contributed by atoms with E-state index in [0.717, 1.165) is 0 Å². The third kappa shape index (κ3) is 1.88. The summed E-state index contributed by atoms with van der Waals surface area (Å²) < 4.78 is 42.9. The van der Waals surface area contributed by atoms with Crippen molar-refractivity contribution < 1.29 is 17.9 Å². The van der Waals surface area contributed by atoms with Crippen molar-refractivity contribution >= 4 is 0 Å². The number of aromatic nitrogens is 2. The van der Waals surface area contributed by atoms with Crippen LogP contribution >= 0.6 is 0 Å². The molecular formula is C9H9F3N2O. The van der Waals surface area contributed by atoms with E-state index >= 15 is 0 Å². The van der Waals surface area contributed by atoms with Crippen LogP contribution in [0.15, 0.2) is 0 Å². The highest BCUT2D eigenvalue weighted by molar-refractivity contribution is 5.34. The van der Waals surface area contributed by atoms with Crippen molar-refractivity contribution in [1.82, 2.24) is 9.97 Å². The average Bonchev–Trinajstić information content (AvgIpc) is 2.15. The number of rotatable bonds is 0. The van der Waals surface area contributed by atoms with Crippen LogP contribution in [0.25, 0.3) is 0 Å². The molecule has 0 N–H and O–H groups in total. The molecule has 0 spiro atoms. The highest BCUT2D eigenvalue weighted by Gasteiger charge is 2.38. The Hall–Kier alpha value is -1.33. The van der Waals surface area contributed by atoms with E-state index < -0.39 is 11.9 Å². The van der Waals surface area contributed by atoms with Crippen LogP contribution in [0.1, 0.15) is 23.5 Å². The lowest BCUT2D eigenvalue weighted by Crippen LogP contribution is -2.19. The molecule has 0 amide bonds. The second-order valence-electron chi connectivity index (χ2n) is 3.35. The van der Waals surface area contributed by atoms with Crippen LogP contribution in [0, 0.1) is 6.92 Å². The van der Waals surface area contributed by atoms with Crippen LogP contribution in [0.4, 0.5) is 13.2 Å². The number of nitrogens with zero attached hydrogens (tertiary/aromatic N) is 2. The molecule has 1 aromatic heterocycles. The Labute approximate surface area is 84.3 Å². The molecule has 0 aliphatic carbocycles. The van der Waals surface area contributed by atoms with Gasteiger partial charge in [-0.2, -0.15) is 18.2 Å². The van der Waals surface area contributed by atoms with Gasteiger partial charge in [-0.15, -0.1) is 0 Å². The highest BCUT2D eigenvalue weighted by atomic mass is 19.4. The van der Waals surface area contributed by atoms with Crippen molar-refractivity contribution in [3.63, 3.8) is 0 Å². The minimum atomic E-state index is -4.43. The molecule has 1 aliphatic heterocycles. The number of aryl methyl sites for hydroxylation is 1. The number of ether oxygens (including phenoxy) is 1. The zero-order valence-corrected chi connectivity index (χ0v) is 8.06. The molecule has 15 heavy (non-hydrogen) atoms. The monoisotopic (exact) mass is 218 g/mol. The molecule has 0 radical (unpaired) electrons. The van der Waals surface area contributed by atoms with Crippen LogP contribution in [-0.2, 0) is 12.6 Å². The van der Waals surface area contributed by atoms with Crippen molar-refractivity contribution in [1.29, 1.82) is 0 Å². The van der Waals surface area contributed by atoms with E-state index in [2.05, 4.69) is 9.97 Å². The van der Waals surface area contributed by atoms with Gasteiger partial charge in [0.25, 0.3) is 0 Å². The Morgan fingerprint density at radius 2 is 2.00 bits per heavy atom. The van der Waals surface area contributed by atoms with E-state index in [1.807, 2.05) is 0 Å². The van der Waals surface area contributed by atoms with Gasteiger partial charge in [0.15, 0.2) is 5.69 Å². The molecule has 0 fully saturated rings. The van der Waals surface area contributed by atoms with E-state index in [4.69, 9.17) is 4.74 Å². The summed E-state index contributed by atoms with van der Waals surface area (Å²) in [5.74, 6) is 0.170. The topological polar surface area (TPSA) is 35.0 Å². The molecule has 0 saturated carbocycles. The second kappa shape index (κ2) is 3.36. The van der Waals surface area contributed by atoms with Crippen LogP contribution in [0.5, 0.6) is 5.88 Å². The number of halogens is 3. The van der Waals surface area contributed by atoms with Crippen molar-refractivity contribution in [3.05, 3.63) is 17.1 Å². The Morgan fingerprint density at radius 3 is 2.67 bits per heavy atom. The van der Waals surface area contributed by atoms with Gasteiger partial charge in [0.1, 0.15) is 5.82 Å². The maximum atomic E-state index is 12.6. The lowest BCUT2D eigenvalue weighted by atomic mass is 10.1. The molecule has 0 atom stereocenters. The van der Waals surface area contributed by atoms with Gasteiger partial charge in [-0.1, -0.05) is 0 Å². The van der Waals surface area contributed by atoms with Crippen molar-refractivity contribution in [2.45, 2.75) is 25.9 Å². The fraction of sp³-hybridized carbons (Fsp3) is 0.556. The van der Waals surface area contributed by atoms with E-state index in [1.54, 1.807) is 0 Å². The molecule has 0 unspecified atom stereocenters. The largest absolute Gasteiger partial charge is 0.477 e. The van der Waals surface area contributed by atoms with E-state index in [0.29, 0.717) is 19.4 Å². The highest BCUT2D eigenvalue weighted by Crippen LogP contribution is 2.35. The first-order valence-electron chi connectivity index (χ1n) is 4.56. The Bertz CT molecular complexity index is 390. The van der Waals surface area contributed by atoms with Gasteiger partial charge in [0, 0.05) is 5.56 Å². The van der Waals surface area contributed by atoms with Gasteiger partial charge in [-0.3, -0.25) is 0 Å². The molecule has 1 aliphatic rings. The van der Waals surface area contributed by atoms with Crippen LogP contribution in [0.3, 0.4) is 0 Å². The Morgan fingerprint density at radius 1 is 1.27 bits per heavy atom. The molecule has 82 valence electrons. The number of hydrogen-bond donors (Lipinski definition) is 0. The fourth-order valence-electron chi connectivity index (χ4n) is 1.57. The maximum absolute atomic E-state index is 12.6. The maximum Gasteiger partial charge on any atom is 0.433 e. The molecule has 2 heterocycles. The fourth-order valence-corrected chi connectivity index (χ4v) is 1.57. The summed E-state index contributed by atoms with van der Waals surface area (Å²) in [6.45, 7) is 1.84. The van der Waals surface area contributed by atoms with Gasteiger partial charge >= 0.3 is 6.18 Å². The molecule has 0 aromatic carbocycles. The van der Waals surface area contributed by atoms with Crippen LogP contribution in [0.2, 0.25) is 0 Å². The van der Waals surface area contributed by atoms with E-state index in [1.165, 1.54) is 6.92 Å². The van der Waals surface area contributed by atoms with Gasteiger partial charge in [0.05, 0.1) is 6.61 Å². The first-order chi connectivity index (χ1) is 6.98. The molecule has 0 saturated heterocycles. The minimum Gasteiger partial charge on any atom is -0.477 e. The van der Waals surface area contributed by atoms with Crippen LogP contribution < -0.4 is 4.74 Å². The lowest BCUT2D eigenvalue weighted by Gasteiger charge is -2.19. The van der Waals surface area contributed by atoms with Crippen molar-refractivity contribution in [3.8, 4) is 5.88 Å². The third-order valence-corrected chi connectivity index (χ3v) is 2.16. The predicted molar refractivity (Wildman–Crippen MR) is 45.6 cm³/mol. The predicted octanol–water partition coefficient (Wildman–Crippen LogP) is 2.13. The van der Waals surface area contributed by atoms with Crippen molar-refractivity contribution in [2.75, 3.05) is 6.61 Å². The standard InChI is InChI=1S/C9H9F3N2O/c1-5-13-7(9(10,11)12)6-3-2-4-15-8(6)14-5/h2-4H2,1H3. The van der Waals surface area contributed by atoms with E-state index in [-0.39, 0.29) is 17.3 Å². The molecule has 2 rings (SSSR count). The first-order valence-corrected chi connectivity index (χ1v) is 4.56. The molecule has 3 nitrogen and oxygen atoms in total. The average molecular weight is 218 g/mol. The summed E-state index contributed by atoms with van der Waals surface area (Å²) in [5, 5.41) is 0. The number of fused-ring (bicyclic) bond motifs is 1. The summed E-state index contributed by atoms with van der Waals surface area (Å²) in [6.07, 6.45) is -3.54. The lowest BCUT2D eigenvalue weighted by molar-refractivity contribution is -0.142. The third-order valence-electron chi connectivity index (χ3n) is 2.16. The molecular weight excluding hydrogens is 209 g/mol. The van der Waals surface area contributed by atoms with Gasteiger partial charge in [-0.25, -0.2) is 4.98 Å². The summed E-state index contributed by atoms with van der Waals surface area (Å²) in [7, 11) is 0. The quantitative estimate of drug-likeness (QED) is 0.669. The Kier molecular flexibility index (Phi) is 2.28. The minimum absolute atomic E-state index is 0.0827. The molecule has 6 heteroatoms. The van der Waals surface area contributed by atoms with Crippen molar-refractivity contribution in [2.24, 2.45) is 0 Å². The first kappa shape index (κ1) is 10.2. The zero-order valence-electron chi connectivity index (χ0n) is 8.06. The SMILES string of the molecule is Cc1nc2c(c(C(F)(F)F)n1)CCCO2. The van der Waals surface area contributed by atoms with Gasteiger partial charge < -0.3 is 4.74 Å². The molecule has 1 aromatic rings. The number of alkyl halides is 3. The summed E-state index contributed by atoms with van der Waals surface area (Å²) in [4.78, 5) is 7.30. The Balaban J connectivity index is 2.58. The van der Waals surface area contributed by atoms with Crippen LogP contribution in [-0.4, -0.2) is 16.6 Å². The van der Waals surface area contributed by atoms with Gasteiger partial charge in [-0.05, 0) is 19.8 Å². The van der Waals surface area contributed by atoms with E-state index in [9.17, 15) is 13.2 Å². The smallest absolute Gasteiger partial charge is 0.433 e. The summed E-state index contributed by atoms with van der Waals surface area (Å²) >= 11 is 0.